The lowest BCUT2D eigenvalue weighted by Gasteiger charge is -2.25. The Kier molecular flexibility index (Phi) is 2.88. The first kappa shape index (κ1) is 11.0. The van der Waals surface area contributed by atoms with Gasteiger partial charge in [-0.15, -0.1) is 0 Å². The van der Waals surface area contributed by atoms with Crippen LogP contribution in [0.2, 0.25) is 0 Å². The Labute approximate surface area is 95.1 Å². The largest absolute Gasteiger partial charge is 0.462 e. The molecule has 0 unspecified atom stereocenters. The molecule has 0 radical (unpaired) electrons. The molecule has 0 bridgehead atoms. The number of aliphatic hydroxyl groups is 1. The maximum absolute atomic E-state index is 8.98. The number of anilines is 1. The zero-order valence-electron chi connectivity index (χ0n) is 9.66. The number of nitrogens with one attached hydrogen (secondary N) is 1. The summed E-state index contributed by atoms with van der Waals surface area (Å²) >= 11 is 0. The van der Waals surface area contributed by atoms with Crippen molar-refractivity contribution in [2.45, 2.75) is 25.8 Å². The van der Waals surface area contributed by atoms with Gasteiger partial charge < -0.3 is 14.8 Å². The molecule has 0 fully saturated rings. The maximum Gasteiger partial charge on any atom is 0.136 e. The standard InChI is InChI=1S/C13H17NO2/c1-13(2,7-8-15)14-11-9-16-12-6-4-3-5-10(11)12/h3-6,9,14-15H,7-8H2,1-2H3. The molecule has 3 heteroatoms. The monoisotopic (exact) mass is 219 g/mol. The van der Waals surface area contributed by atoms with Crippen LogP contribution in [-0.2, 0) is 0 Å². The average Bonchev–Trinajstić information content (AvgIpc) is 2.61. The van der Waals surface area contributed by atoms with Crippen LogP contribution in [0.25, 0.3) is 11.0 Å². The van der Waals surface area contributed by atoms with Crippen molar-refractivity contribution in [2.24, 2.45) is 0 Å². The Bertz CT molecular complexity index is 473. The Hall–Kier alpha value is -1.48. The van der Waals surface area contributed by atoms with Gasteiger partial charge >= 0.3 is 0 Å². The molecule has 2 rings (SSSR count). The minimum absolute atomic E-state index is 0.138. The molecule has 1 heterocycles. The number of furan rings is 1. The van der Waals surface area contributed by atoms with Crippen LogP contribution in [0.4, 0.5) is 5.69 Å². The van der Waals surface area contributed by atoms with E-state index in [9.17, 15) is 0 Å². The van der Waals surface area contributed by atoms with Gasteiger partial charge in [-0.1, -0.05) is 12.1 Å². The zero-order chi connectivity index (χ0) is 11.6. The SMILES string of the molecule is CC(C)(CCO)Nc1coc2ccccc12. The number of aliphatic hydroxyl groups excluding tert-OH is 1. The summed E-state index contributed by atoms with van der Waals surface area (Å²) in [6, 6.07) is 7.91. The molecule has 0 aliphatic heterocycles. The Balaban J connectivity index is 2.27. The molecule has 0 atom stereocenters. The third-order valence-corrected chi connectivity index (χ3v) is 2.69. The number of benzene rings is 1. The van der Waals surface area contributed by atoms with Crippen LogP contribution in [-0.4, -0.2) is 17.3 Å². The Morgan fingerprint density at radius 3 is 2.81 bits per heavy atom. The van der Waals surface area contributed by atoms with E-state index in [4.69, 9.17) is 9.52 Å². The van der Waals surface area contributed by atoms with Crippen LogP contribution in [0.1, 0.15) is 20.3 Å². The van der Waals surface area contributed by atoms with Crippen LogP contribution < -0.4 is 5.32 Å². The van der Waals surface area contributed by atoms with Crippen molar-refractivity contribution >= 4 is 16.7 Å². The normalized spacial score (nSPS) is 11.9. The molecular weight excluding hydrogens is 202 g/mol. The summed E-state index contributed by atoms with van der Waals surface area (Å²) < 4.78 is 5.45. The third kappa shape index (κ3) is 2.19. The van der Waals surface area contributed by atoms with Crippen LogP contribution >= 0.6 is 0 Å². The van der Waals surface area contributed by atoms with E-state index in [-0.39, 0.29) is 12.1 Å². The van der Waals surface area contributed by atoms with Crippen LogP contribution in [0, 0.1) is 0 Å². The highest BCUT2D eigenvalue weighted by atomic mass is 16.3. The number of para-hydroxylation sites is 1. The van der Waals surface area contributed by atoms with E-state index in [0.29, 0.717) is 6.42 Å². The molecule has 0 amide bonds. The van der Waals surface area contributed by atoms with Crippen LogP contribution in [0.3, 0.4) is 0 Å². The molecule has 86 valence electrons. The van der Waals surface area contributed by atoms with Crippen LogP contribution in [0.15, 0.2) is 34.9 Å². The zero-order valence-corrected chi connectivity index (χ0v) is 9.66. The molecule has 0 saturated heterocycles. The fourth-order valence-electron chi connectivity index (χ4n) is 1.78. The molecule has 2 N–H and O–H groups in total. The second kappa shape index (κ2) is 4.18. The first-order chi connectivity index (χ1) is 7.62. The molecule has 0 spiro atoms. The Morgan fingerprint density at radius 1 is 1.31 bits per heavy atom. The predicted molar refractivity (Wildman–Crippen MR) is 65.6 cm³/mol. The van der Waals surface area contributed by atoms with Crippen molar-refractivity contribution in [3.63, 3.8) is 0 Å². The van der Waals surface area contributed by atoms with Gasteiger partial charge in [-0.3, -0.25) is 0 Å². The lowest BCUT2D eigenvalue weighted by Crippen LogP contribution is -2.31. The van der Waals surface area contributed by atoms with Gasteiger partial charge in [0, 0.05) is 17.5 Å². The lowest BCUT2D eigenvalue weighted by atomic mass is 10.0. The van der Waals surface area contributed by atoms with E-state index in [2.05, 4.69) is 19.2 Å². The van der Waals surface area contributed by atoms with Gasteiger partial charge in [0.25, 0.3) is 0 Å². The molecule has 3 nitrogen and oxygen atoms in total. The van der Waals surface area contributed by atoms with Gasteiger partial charge in [-0.25, -0.2) is 0 Å². The van der Waals surface area contributed by atoms with Crippen molar-refractivity contribution in [3.05, 3.63) is 30.5 Å². The summed E-state index contributed by atoms with van der Waals surface area (Å²) in [5, 5.41) is 13.4. The van der Waals surface area contributed by atoms with Gasteiger partial charge in [0.15, 0.2) is 0 Å². The van der Waals surface area contributed by atoms with Crippen molar-refractivity contribution in [2.75, 3.05) is 11.9 Å². The van der Waals surface area contributed by atoms with Gasteiger partial charge in [-0.05, 0) is 32.4 Å². The highest BCUT2D eigenvalue weighted by Gasteiger charge is 2.18. The smallest absolute Gasteiger partial charge is 0.136 e. The summed E-state index contributed by atoms with van der Waals surface area (Å²) in [5.41, 5.74) is 1.72. The summed E-state index contributed by atoms with van der Waals surface area (Å²) in [6.07, 6.45) is 2.43. The maximum atomic E-state index is 8.98. The van der Waals surface area contributed by atoms with Crippen molar-refractivity contribution < 1.29 is 9.52 Å². The van der Waals surface area contributed by atoms with E-state index >= 15 is 0 Å². The summed E-state index contributed by atoms with van der Waals surface area (Å²) in [4.78, 5) is 0. The van der Waals surface area contributed by atoms with E-state index in [1.54, 1.807) is 6.26 Å². The molecule has 0 aliphatic rings. The minimum atomic E-state index is -0.138. The second-order valence-corrected chi connectivity index (χ2v) is 4.63. The van der Waals surface area contributed by atoms with E-state index in [0.717, 1.165) is 16.7 Å². The third-order valence-electron chi connectivity index (χ3n) is 2.69. The number of fused-ring (bicyclic) bond motifs is 1. The Morgan fingerprint density at radius 2 is 2.06 bits per heavy atom. The topological polar surface area (TPSA) is 45.4 Å². The number of hydrogen-bond acceptors (Lipinski definition) is 3. The van der Waals surface area contributed by atoms with Crippen molar-refractivity contribution in [1.82, 2.24) is 0 Å². The molecule has 2 aromatic rings. The highest BCUT2D eigenvalue weighted by molar-refractivity contribution is 5.90. The summed E-state index contributed by atoms with van der Waals surface area (Å²) in [5.74, 6) is 0. The van der Waals surface area contributed by atoms with Gasteiger partial charge in [-0.2, -0.15) is 0 Å². The average molecular weight is 219 g/mol. The van der Waals surface area contributed by atoms with E-state index < -0.39 is 0 Å². The molecule has 1 aromatic carbocycles. The molecular formula is C13H17NO2. The van der Waals surface area contributed by atoms with Gasteiger partial charge in [0.05, 0.1) is 5.69 Å². The van der Waals surface area contributed by atoms with Crippen molar-refractivity contribution in [1.29, 1.82) is 0 Å². The molecule has 16 heavy (non-hydrogen) atoms. The summed E-state index contributed by atoms with van der Waals surface area (Å²) in [7, 11) is 0. The van der Waals surface area contributed by atoms with Crippen LogP contribution in [0.5, 0.6) is 0 Å². The van der Waals surface area contributed by atoms with E-state index in [1.807, 2.05) is 24.3 Å². The minimum Gasteiger partial charge on any atom is -0.462 e. The predicted octanol–water partition coefficient (Wildman–Crippen LogP) is 3.01. The fraction of sp³-hybridized carbons (Fsp3) is 0.385. The fourth-order valence-corrected chi connectivity index (χ4v) is 1.78. The van der Waals surface area contributed by atoms with Gasteiger partial charge in [0.2, 0.25) is 0 Å². The number of rotatable bonds is 4. The van der Waals surface area contributed by atoms with E-state index in [1.165, 1.54) is 0 Å². The number of hydrogen-bond donors (Lipinski definition) is 2. The summed E-state index contributed by atoms with van der Waals surface area (Å²) in [6.45, 7) is 4.30. The highest BCUT2D eigenvalue weighted by Crippen LogP contribution is 2.28. The first-order valence-corrected chi connectivity index (χ1v) is 5.48. The molecule has 1 aromatic heterocycles. The lowest BCUT2D eigenvalue weighted by molar-refractivity contribution is 0.261. The second-order valence-electron chi connectivity index (χ2n) is 4.63. The first-order valence-electron chi connectivity index (χ1n) is 5.48. The molecule has 0 saturated carbocycles. The quantitative estimate of drug-likeness (QED) is 0.830. The van der Waals surface area contributed by atoms with Crippen molar-refractivity contribution in [3.8, 4) is 0 Å². The molecule has 0 aliphatic carbocycles. The van der Waals surface area contributed by atoms with Gasteiger partial charge in [0.1, 0.15) is 11.8 Å².